The molecule has 1 unspecified atom stereocenters. The molecule has 0 aliphatic rings. The standard InChI is InChI=1S/C23H44O4/c1-4-21(19-20-23(25)27-6-3)17-15-13-11-9-7-8-10-12-14-16-18-22(24)26-5-2/h21H,4-20H2,1-3H3. The van der Waals surface area contributed by atoms with Gasteiger partial charge in [-0.15, -0.1) is 0 Å². The fraction of sp³-hybridized carbons (Fsp3) is 0.913. The van der Waals surface area contributed by atoms with Gasteiger partial charge in [0.25, 0.3) is 0 Å². The molecule has 1 atom stereocenters. The van der Waals surface area contributed by atoms with Crippen LogP contribution in [-0.2, 0) is 19.1 Å². The summed E-state index contributed by atoms with van der Waals surface area (Å²) in [6.07, 6.45) is 17.1. The number of carbonyl (C=O) groups excluding carboxylic acids is 2. The molecular formula is C23H44O4. The van der Waals surface area contributed by atoms with Crippen LogP contribution in [0.1, 0.15) is 117 Å². The molecule has 0 heterocycles. The summed E-state index contributed by atoms with van der Waals surface area (Å²) < 4.78 is 9.94. The predicted molar refractivity (Wildman–Crippen MR) is 112 cm³/mol. The Hall–Kier alpha value is -1.06. The van der Waals surface area contributed by atoms with Crippen LogP contribution in [0.3, 0.4) is 0 Å². The molecule has 0 aromatic rings. The number of rotatable bonds is 19. The zero-order chi connectivity index (χ0) is 20.2. The quantitative estimate of drug-likeness (QED) is 0.186. The first kappa shape index (κ1) is 25.9. The lowest BCUT2D eigenvalue weighted by molar-refractivity contribution is -0.144. The van der Waals surface area contributed by atoms with Crippen molar-refractivity contribution in [2.24, 2.45) is 5.92 Å². The van der Waals surface area contributed by atoms with E-state index in [1.165, 1.54) is 57.8 Å². The van der Waals surface area contributed by atoms with Crippen molar-refractivity contribution in [2.45, 2.75) is 117 Å². The van der Waals surface area contributed by atoms with Crippen molar-refractivity contribution in [1.29, 1.82) is 0 Å². The fourth-order valence-corrected chi connectivity index (χ4v) is 3.46. The highest BCUT2D eigenvalue weighted by atomic mass is 16.5. The van der Waals surface area contributed by atoms with Crippen LogP contribution in [0, 0.1) is 5.92 Å². The van der Waals surface area contributed by atoms with Crippen molar-refractivity contribution >= 4 is 11.9 Å². The van der Waals surface area contributed by atoms with Gasteiger partial charge in [0, 0.05) is 12.8 Å². The average molecular weight is 385 g/mol. The van der Waals surface area contributed by atoms with Gasteiger partial charge in [-0.25, -0.2) is 0 Å². The molecular weight excluding hydrogens is 340 g/mol. The second kappa shape index (κ2) is 19.7. The predicted octanol–water partition coefficient (Wildman–Crippen LogP) is 6.60. The van der Waals surface area contributed by atoms with E-state index in [0.29, 0.717) is 32.0 Å². The van der Waals surface area contributed by atoms with Crippen molar-refractivity contribution in [1.82, 2.24) is 0 Å². The zero-order valence-electron chi connectivity index (χ0n) is 18.2. The van der Waals surface area contributed by atoms with Crippen LogP contribution in [0.5, 0.6) is 0 Å². The molecule has 0 aliphatic heterocycles. The van der Waals surface area contributed by atoms with E-state index in [2.05, 4.69) is 6.92 Å². The van der Waals surface area contributed by atoms with Crippen molar-refractivity contribution in [3.8, 4) is 0 Å². The molecule has 0 amide bonds. The lowest BCUT2D eigenvalue weighted by atomic mass is 9.93. The van der Waals surface area contributed by atoms with Gasteiger partial charge in [-0.3, -0.25) is 9.59 Å². The molecule has 0 bridgehead atoms. The minimum atomic E-state index is -0.0521. The van der Waals surface area contributed by atoms with E-state index in [9.17, 15) is 9.59 Å². The van der Waals surface area contributed by atoms with Gasteiger partial charge >= 0.3 is 11.9 Å². The Morgan fingerprint density at radius 2 is 1.04 bits per heavy atom. The first-order valence-corrected chi connectivity index (χ1v) is 11.4. The van der Waals surface area contributed by atoms with Crippen LogP contribution in [0.15, 0.2) is 0 Å². The first-order chi connectivity index (χ1) is 13.1. The molecule has 27 heavy (non-hydrogen) atoms. The Bertz CT molecular complexity index is 354. The van der Waals surface area contributed by atoms with Gasteiger partial charge in [-0.2, -0.15) is 0 Å². The highest BCUT2D eigenvalue weighted by Gasteiger charge is 2.10. The summed E-state index contributed by atoms with van der Waals surface area (Å²) in [6.45, 7) is 6.92. The fourth-order valence-electron chi connectivity index (χ4n) is 3.46. The summed E-state index contributed by atoms with van der Waals surface area (Å²) in [5, 5.41) is 0. The third-order valence-corrected chi connectivity index (χ3v) is 5.19. The van der Waals surface area contributed by atoms with Crippen molar-refractivity contribution < 1.29 is 19.1 Å². The average Bonchev–Trinajstić information content (AvgIpc) is 2.65. The smallest absolute Gasteiger partial charge is 0.305 e. The Morgan fingerprint density at radius 3 is 1.52 bits per heavy atom. The van der Waals surface area contributed by atoms with Crippen molar-refractivity contribution in [3.63, 3.8) is 0 Å². The summed E-state index contributed by atoms with van der Waals surface area (Å²) in [4.78, 5) is 22.7. The molecule has 0 aromatic carbocycles. The van der Waals surface area contributed by atoms with Gasteiger partial charge in [0.2, 0.25) is 0 Å². The second-order valence-corrected chi connectivity index (χ2v) is 7.50. The first-order valence-electron chi connectivity index (χ1n) is 11.4. The van der Waals surface area contributed by atoms with E-state index in [-0.39, 0.29) is 11.9 Å². The summed E-state index contributed by atoms with van der Waals surface area (Å²) in [5.74, 6) is 0.574. The molecule has 0 fully saturated rings. The third kappa shape index (κ3) is 18.1. The van der Waals surface area contributed by atoms with Gasteiger partial charge < -0.3 is 9.47 Å². The minimum Gasteiger partial charge on any atom is -0.466 e. The number of esters is 2. The van der Waals surface area contributed by atoms with E-state index in [0.717, 1.165) is 25.7 Å². The maximum atomic E-state index is 11.4. The topological polar surface area (TPSA) is 52.6 Å². The van der Waals surface area contributed by atoms with Crippen LogP contribution in [0.4, 0.5) is 0 Å². The van der Waals surface area contributed by atoms with E-state index in [1.807, 2.05) is 13.8 Å². The van der Waals surface area contributed by atoms with Gasteiger partial charge in [0.15, 0.2) is 0 Å². The van der Waals surface area contributed by atoms with Crippen LogP contribution in [-0.4, -0.2) is 25.2 Å². The van der Waals surface area contributed by atoms with Crippen LogP contribution < -0.4 is 0 Å². The second-order valence-electron chi connectivity index (χ2n) is 7.50. The molecule has 0 rings (SSSR count). The van der Waals surface area contributed by atoms with E-state index < -0.39 is 0 Å². The molecule has 0 radical (unpaired) electrons. The zero-order valence-corrected chi connectivity index (χ0v) is 18.2. The van der Waals surface area contributed by atoms with Crippen LogP contribution >= 0.6 is 0 Å². The molecule has 0 saturated heterocycles. The summed E-state index contributed by atoms with van der Waals surface area (Å²) in [7, 11) is 0. The molecule has 4 heteroatoms. The van der Waals surface area contributed by atoms with Gasteiger partial charge in [-0.05, 0) is 32.6 Å². The summed E-state index contributed by atoms with van der Waals surface area (Å²) in [5.41, 5.74) is 0. The normalized spacial score (nSPS) is 12.0. The Labute approximate surface area is 167 Å². The molecule has 0 N–H and O–H groups in total. The number of ether oxygens (including phenoxy) is 2. The lowest BCUT2D eigenvalue weighted by Gasteiger charge is -2.14. The van der Waals surface area contributed by atoms with E-state index in [4.69, 9.17) is 9.47 Å². The Kier molecular flexibility index (Phi) is 18.9. The highest BCUT2D eigenvalue weighted by Crippen LogP contribution is 2.20. The van der Waals surface area contributed by atoms with Crippen LogP contribution in [0.2, 0.25) is 0 Å². The van der Waals surface area contributed by atoms with E-state index >= 15 is 0 Å². The third-order valence-electron chi connectivity index (χ3n) is 5.19. The maximum absolute atomic E-state index is 11.4. The van der Waals surface area contributed by atoms with Gasteiger partial charge in [0.1, 0.15) is 0 Å². The molecule has 0 spiro atoms. The monoisotopic (exact) mass is 384 g/mol. The van der Waals surface area contributed by atoms with Crippen molar-refractivity contribution in [2.75, 3.05) is 13.2 Å². The number of unbranched alkanes of at least 4 members (excludes halogenated alkanes) is 9. The summed E-state index contributed by atoms with van der Waals surface area (Å²) in [6, 6.07) is 0. The summed E-state index contributed by atoms with van der Waals surface area (Å²) >= 11 is 0. The molecule has 160 valence electrons. The number of carbonyl (C=O) groups is 2. The molecule has 0 saturated carbocycles. The lowest BCUT2D eigenvalue weighted by Crippen LogP contribution is -2.07. The minimum absolute atomic E-state index is 0.0446. The highest BCUT2D eigenvalue weighted by molar-refractivity contribution is 5.69. The Morgan fingerprint density at radius 1 is 0.593 bits per heavy atom. The van der Waals surface area contributed by atoms with Crippen LogP contribution in [0.25, 0.3) is 0 Å². The maximum Gasteiger partial charge on any atom is 0.305 e. The Balaban J connectivity index is 3.36. The van der Waals surface area contributed by atoms with Crippen molar-refractivity contribution in [3.05, 3.63) is 0 Å². The van der Waals surface area contributed by atoms with E-state index in [1.54, 1.807) is 0 Å². The molecule has 4 nitrogen and oxygen atoms in total. The number of hydrogen-bond donors (Lipinski definition) is 0. The largest absolute Gasteiger partial charge is 0.466 e. The molecule has 0 aromatic heterocycles. The van der Waals surface area contributed by atoms with Gasteiger partial charge in [-0.1, -0.05) is 77.6 Å². The molecule has 0 aliphatic carbocycles. The SMILES string of the molecule is CCOC(=O)CCCCCCCCCCCCC(CC)CCC(=O)OCC. The van der Waals surface area contributed by atoms with Gasteiger partial charge in [0.05, 0.1) is 13.2 Å². The number of hydrogen-bond acceptors (Lipinski definition) is 4.